The molecule has 1 N–H and O–H groups in total. The summed E-state index contributed by atoms with van der Waals surface area (Å²) in [4.78, 5) is 21.1. The third-order valence-corrected chi connectivity index (χ3v) is 5.21. The molecule has 8 heteroatoms. The number of benzene rings is 3. The Morgan fingerprint density at radius 2 is 1.78 bits per heavy atom. The van der Waals surface area contributed by atoms with E-state index in [1.807, 2.05) is 36.4 Å². The number of hydrogen-bond acceptors (Lipinski definition) is 5. The summed E-state index contributed by atoms with van der Waals surface area (Å²) in [5.74, 6) is -0.397. The number of halogens is 2. The van der Waals surface area contributed by atoms with Crippen LogP contribution in [0.15, 0.2) is 82.5 Å². The van der Waals surface area contributed by atoms with Crippen molar-refractivity contribution in [2.75, 3.05) is 0 Å². The van der Waals surface area contributed by atoms with Crippen LogP contribution in [0, 0.1) is 0 Å². The van der Waals surface area contributed by atoms with Crippen LogP contribution >= 0.6 is 23.2 Å². The molecule has 1 aliphatic heterocycles. The highest BCUT2D eigenvalue weighted by Gasteiger charge is 2.31. The molecule has 0 spiro atoms. The Morgan fingerprint density at radius 1 is 1.06 bits per heavy atom. The van der Waals surface area contributed by atoms with Crippen molar-refractivity contribution in [3.63, 3.8) is 0 Å². The van der Waals surface area contributed by atoms with Crippen molar-refractivity contribution < 1.29 is 19.5 Å². The van der Waals surface area contributed by atoms with Crippen molar-refractivity contribution in [1.29, 1.82) is 0 Å². The topological polar surface area (TPSA) is 80.5 Å². The van der Waals surface area contributed by atoms with Gasteiger partial charge in [-0.05, 0) is 48.0 Å². The van der Waals surface area contributed by atoms with Gasteiger partial charge in [-0.15, -0.1) is 0 Å². The summed E-state index contributed by atoms with van der Waals surface area (Å²) >= 11 is 12.6. The van der Waals surface area contributed by atoms with Crippen LogP contribution in [0.1, 0.15) is 27.6 Å². The first-order valence-corrected chi connectivity index (χ1v) is 10.2. The fourth-order valence-corrected chi connectivity index (χ4v) is 3.83. The quantitative estimate of drug-likeness (QED) is 0.261. The Kier molecular flexibility index (Phi) is 6.25. The Labute approximate surface area is 194 Å². The van der Waals surface area contributed by atoms with Crippen LogP contribution in [0.2, 0.25) is 10.0 Å². The van der Waals surface area contributed by atoms with Gasteiger partial charge >= 0.3 is 5.97 Å². The normalized spacial score (nSPS) is 15.2. The molecule has 6 nitrogen and oxygen atoms in total. The fourth-order valence-electron chi connectivity index (χ4n) is 3.28. The number of nitrogens with zero attached hydrogens (tertiary/aromatic N) is 2. The molecule has 1 atom stereocenters. The number of rotatable bonds is 5. The van der Waals surface area contributed by atoms with Gasteiger partial charge in [0.2, 0.25) is 0 Å². The summed E-state index contributed by atoms with van der Waals surface area (Å²) in [5.41, 5.74) is 2.69. The minimum Gasteiger partial charge on any atom is -0.479 e. The van der Waals surface area contributed by atoms with Gasteiger partial charge in [-0.2, -0.15) is 0 Å². The van der Waals surface area contributed by atoms with E-state index in [0.29, 0.717) is 32.6 Å². The van der Waals surface area contributed by atoms with E-state index in [1.165, 1.54) is 12.1 Å². The number of carbonyl (C=O) groups is 1. The average Bonchev–Trinajstić information content (AvgIpc) is 2.79. The average molecular weight is 467 g/mol. The van der Waals surface area contributed by atoms with Crippen molar-refractivity contribution in [3.8, 4) is 5.75 Å². The fraction of sp³-hybridized carbons (Fsp3) is 0.0417. The summed E-state index contributed by atoms with van der Waals surface area (Å²) < 4.78 is 6.27. The number of oxime groups is 1. The van der Waals surface area contributed by atoms with Gasteiger partial charge in [-0.1, -0.05) is 58.7 Å². The monoisotopic (exact) mass is 466 g/mol. The zero-order chi connectivity index (χ0) is 22.7. The second-order valence-electron chi connectivity index (χ2n) is 6.80. The van der Waals surface area contributed by atoms with Gasteiger partial charge in [-0.25, -0.2) is 9.79 Å². The highest BCUT2D eigenvalue weighted by Crippen LogP contribution is 2.43. The lowest BCUT2D eigenvalue weighted by Gasteiger charge is -2.28. The third kappa shape index (κ3) is 4.51. The van der Waals surface area contributed by atoms with Crippen LogP contribution in [0.4, 0.5) is 5.69 Å². The van der Waals surface area contributed by atoms with Gasteiger partial charge in [0.1, 0.15) is 5.75 Å². The highest BCUT2D eigenvalue weighted by atomic mass is 35.5. The van der Waals surface area contributed by atoms with E-state index in [-0.39, 0.29) is 11.5 Å². The lowest BCUT2D eigenvalue weighted by atomic mass is 9.95. The Morgan fingerprint density at radius 3 is 2.44 bits per heavy atom. The zero-order valence-electron chi connectivity index (χ0n) is 16.5. The standard InChI is InChI=1S/C24H16Cl2N2O4/c1-27-32-23(28-18-9-7-15(8-10-18)24(29)30)19-12-16-11-17(25)13-20(26)22(16)31-21(19)14-5-3-2-4-6-14/h2-13,21H,1H2,(H,29,30)/b28-23-. The number of aliphatic imine (C=N–C) groups is 1. The van der Waals surface area contributed by atoms with Crippen LogP contribution in [0.5, 0.6) is 5.75 Å². The van der Waals surface area contributed by atoms with E-state index in [1.54, 1.807) is 24.3 Å². The maximum atomic E-state index is 11.1. The summed E-state index contributed by atoms with van der Waals surface area (Å²) in [6.45, 7) is 3.40. The van der Waals surface area contributed by atoms with Gasteiger partial charge in [-0.3, -0.25) is 0 Å². The number of hydrogen-bond donors (Lipinski definition) is 1. The lowest BCUT2D eigenvalue weighted by molar-refractivity contribution is 0.0697. The van der Waals surface area contributed by atoms with Gasteiger partial charge in [0, 0.05) is 17.3 Å². The first-order valence-electron chi connectivity index (χ1n) is 9.44. The minimum absolute atomic E-state index is 0.138. The molecule has 0 saturated carbocycles. The molecular weight excluding hydrogens is 451 g/mol. The zero-order valence-corrected chi connectivity index (χ0v) is 18.0. The van der Waals surface area contributed by atoms with E-state index in [4.69, 9.17) is 37.9 Å². The molecule has 3 aromatic rings. The van der Waals surface area contributed by atoms with Crippen molar-refractivity contribution >= 4 is 53.5 Å². The number of ether oxygens (including phenoxy) is 1. The minimum atomic E-state index is -1.03. The molecule has 3 aromatic carbocycles. The lowest BCUT2D eigenvalue weighted by Crippen LogP contribution is -2.21. The molecule has 1 heterocycles. The molecule has 1 aliphatic rings. The summed E-state index contributed by atoms with van der Waals surface area (Å²) in [7, 11) is 0. The summed E-state index contributed by atoms with van der Waals surface area (Å²) in [6, 6.07) is 18.9. The third-order valence-electron chi connectivity index (χ3n) is 4.71. The predicted molar refractivity (Wildman–Crippen MR) is 125 cm³/mol. The molecule has 0 aliphatic carbocycles. The Bertz CT molecular complexity index is 1240. The molecule has 4 rings (SSSR count). The first-order chi connectivity index (χ1) is 15.5. The van der Waals surface area contributed by atoms with Gasteiger partial charge in [0.25, 0.3) is 5.90 Å². The van der Waals surface area contributed by atoms with Crippen LogP contribution < -0.4 is 4.74 Å². The number of aromatic carboxylic acids is 1. The number of carboxylic acid groups (broad SMARTS) is 1. The number of fused-ring (bicyclic) bond motifs is 1. The summed E-state index contributed by atoms with van der Waals surface area (Å²) in [5, 5.41) is 13.5. The van der Waals surface area contributed by atoms with Crippen LogP contribution in [-0.2, 0) is 4.84 Å². The molecule has 0 radical (unpaired) electrons. The predicted octanol–water partition coefficient (Wildman–Crippen LogP) is 6.57. The van der Waals surface area contributed by atoms with E-state index < -0.39 is 12.1 Å². The second-order valence-corrected chi connectivity index (χ2v) is 7.65. The maximum absolute atomic E-state index is 11.1. The highest BCUT2D eigenvalue weighted by molar-refractivity contribution is 6.36. The molecule has 0 amide bonds. The van der Waals surface area contributed by atoms with E-state index in [9.17, 15) is 4.79 Å². The molecular formula is C24H16Cl2N2O4. The van der Waals surface area contributed by atoms with Crippen LogP contribution in [-0.4, -0.2) is 23.7 Å². The largest absolute Gasteiger partial charge is 0.479 e. The van der Waals surface area contributed by atoms with Gasteiger partial charge in [0.05, 0.1) is 21.8 Å². The Balaban J connectivity index is 1.86. The van der Waals surface area contributed by atoms with E-state index in [0.717, 1.165) is 5.56 Å². The molecule has 0 bridgehead atoms. The van der Waals surface area contributed by atoms with Crippen molar-refractivity contribution in [1.82, 2.24) is 0 Å². The Hall–Kier alpha value is -3.61. The van der Waals surface area contributed by atoms with Crippen LogP contribution in [0.3, 0.4) is 0 Å². The van der Waals surface area contributed by atoms with Crippen molar-refractivity contribution in [2.24, 2.45) is 10.1 Å². The maximum Gasteiger partial charge on any atom is 0.335 e. The number of carboxylic acids is 1. The van der Waals surface area contributed by atoms with E-state index >= 15 is 0 Å². The second kappa shape index (κ2) is 9.26. The first kappa shape index (κ1) is 21.6. The molecule has 0 saturated heterocycles. The van der Waals surface area contributed by atoms with Gasteiger partial charge < -0.3 is 14.7 Å². The van der Waals surface area contributed by atoms with Crippen LogP contribution in [0.25, 0.3) is 6.08 Å². The molecule has 1 unspecified atom stereocenters. The van der Waals surface area contributed by atoms with E-state index in [2.05, 4.69) is 16.9 Å². The van der Waals surface area contributed by atoms with Crippen molar-refractivity contribution in [3.05, 3.63) is 99.0 Å². The SMILES string of the molecule is C=NO/C(=N\c1ccc(C(=O)O)cc1)C1=Cc2cc(Cl)cc(Cl)c2OC1c1ccccc1. The molecule has 32 heavy (non-hydrogen) atoms. The smallest absolute Gasteiger partial charge is 0.335 e. The van der Waals surface area contributed by atoms with Gasteiger partial charge in [0.15, 0.2) is 6.10 Å². The molecule has 160 valence electrons. The molecule has 0 aromatic heterocycles. The summed E-state index contributed by atoms with van der Waals surface area (Å²) in [6.07, 6.45) is 1.23. The molecule has 0 fully saturated rings. The van der Waals surface area contributed by atoms with Crippen molar-refractivity contribution in [2.45, 2.75) is 6.10 Å².